The topological polar surface area (TPSA) is 150 Å². The second-order valence-corrected chi connectivity index (χ2v) is 7.33. The molecule has 4 aromatic rings. The van der Waals surface area contributed by atoms with Crippen molar-refractivity contribution in [2.24, 2.45) is 0 Å². The highest BCUT2D eigenvalue weighted by molar-refractivity contribution is 5.89. The minimum atomic E-state index is -1.30. The number of benzene rings is 2. The molecule has 0 aliphatic rings. The molecular formula is C22H22N4O5. The molecule has 2 aromatic carbocycles. The average molecular weight is 422 g/mol. The molecule has 2 amide bonds. The van der Waals surface area contributed by atoms with Crippen LogP contribution in [0.15, 0.2) is 48.8 Å². The number of aromatic amines is 2. The van der Waals surface area contributed by atoms with Crippen molar-refractivity contribution >= 4 is 33.8 Å². The second kappa shape index (κ2) is 8.31. The van der Waals surface area contributed by atoms with Crippen molar-refractivity contribution in [2.45, 2.75) is 18.9 Å². The van der Waals surface area contributed by atoms with Crippen molar-refractivity contribution in [3.63, 3.8) is 0 Å². The number of carbonyl (C=O) groups excluding carboxylic acids is 1. The monoisotopic (exact) mass is 422 g/mol. The summed E-state index contributed by atoms with van der Waals surface area (Å²) in [7, 11) is 0. The molecule has 4 rings (SSSR count). The Bertz CT molecular complexity index is 1260. The highest BCUT2D eigenvalue weighted by Gasteiger charge is 2.22. The van der Waals surface area contributed by atoms with E-state index in [2.05, 4.69) is 20.6 Å². The van der Waals surface area contributed by atoms with Crippen molar-refractivity contribution in [2.75, 3.05) is 6.54 Å². The predicted octanol–water partition coefficient (Wildman–Crippen LogP) is 2.60. The summed E-state index contributed by atoms with van der Waals surface area (Å²) >= 11 is 0. The number of aromatic nitrogens is 2. The number of H-pyrrole nitrogens is 2. The first-order valence-electron chi connectivity index (χ1n) is 9.76. The number of hydrogen-bond donors (Lipinski definition) is 7. The number of aromatic hydroxyl groups is 2. The first-order chi connectivity index (χ1) is 14.9. The molecule has 9 nitrogen and oxygen atoms in total. The van der Waals surface area contributed by atoms with Gasteiger partial charge in [-0.2, -0.15) is 0 Å². The molecule has 1 atom stereocenters. The lowest BCUT2D eigenvalue weighted by Crippen LogP contribution is -2.48. The number of carboxylic acid groups (broad SMARTS) is 1. The third kappa shape index (κ3) is 4.40. The Balaban J connectivity index is 1.44. The Morgan fingerprint density at radius 1 is 0.903 bits per heavy atom. The van der Waals surface area contributed by atoms with Gasteiger partial charge in [-0.15, -0.1) is 0 Å². The first-order valence-corrected chi connectivity index (χ1v) is 9.76. The van der Waals surface area contributed by atoms with Crippen LogP contribution in [-0.4, -0.2) is 49.9 Å². The summed E-state index contributed by atoms with van der Waals surface area (Å²) in [4.78, 5) is 30.1. The van der Waals surface area contributed by atoms with E-state index < -0.39 is 18.0 Å². The number of phenols is 2. The van der Waals surface area contributed by atoms with Gasteiger partial charge in [-0.3, -0.25) is 4.79 Å². The third-order valence-corrected chi connectivity index (χ3v) is 5.23. The van der Waals surface area contributed by atoms with Crippen molar-refractivity contribution in [3.8, 4) is 11.5 Å². The van der Waals surface area contributed by atoms with Gasteiger partial charge in [0.2, 0.25) is 5.91 Å². The summed E-state index contributed by atoms with van der Waals surface area (Å²) in [5, 5.41) is 35.2. The van der Waals surface area contributed by atoms with Gasteiger partial charge in [-0.05, 0) is 53.9 Å². The van der Waals surface area contributed by atoms with E-state index in [1.54, 1.807) is 42.6 Å². The molecule has 0 fully saturated rings. The van der Waals surface area contributed by atoms with Crippen LogP contribution in [0.25, 0.3) is 21.8 Å². The van der Waals surface area contributed by atoms with Crippen LogP contribution in [0.2, 0.25) is 0 Å². The fourth-order valence-electron chi connectivity index (χ4n) is 3.73. The maximum atomic E-state index is 12.7. The first kappa shape index (κ1) is 20.1. The summed E-state index contributed by atoms with van der Waals surface area (Å²) in [5.74, 6) is -0.197. The number of amides is 2. The lowest BCUT2D eigenvalue weighted by atomic mass is 10.0. The molecule has 160 valence electrons. The minimum Gasteiger partial charge on any atom is -0.508 e. The SMILES string of the molecule is O=C(O)N[C@@H](Cc1c[nH]c2ccc(O)cc12)C(=O)NCCc1c[nH]c2ccc(O)cc12. The largest absolute Gasteiger partial charge is 0.508 e. The zero-order valence-electron chi connectivity index (χ0n) is 16.5. The molecule has 0 saturated carbocycles. The van der Waals surface area contributed by atoms with Gasteiger partial charge in [0.25, 0.3) is 0 Å². The number of hydrogen-bond acceptors (Lipinski definition) is 4. The maximum Gasteiger partial charge on any atom is 0.405 e. The quantitative estimate of drug-likeness (QED) is 0.244. The van der Waals surface area contributed by atoms with E-state index >= 15 is 0 Å². The van der Waals surface area contributed by atoms with Gasteiger partial charge < -0.3 is 35.9 Å². The van der Waals surface area contributed by atoms with Gasteiger partial charge in [0.15, 0.2) is 0 Å². The molecule has 0 unspecified atom stereocenters. The molecule has 0 radical (unpaired) electrons. The lowest BCUT2D eigenvalue weighted by molar-refractivity contribution is -0.122. The summed E-state index contributed by atoms with van der Waals surface area (Å²) in [5.41, 5.74) is 3.31. The smallest absolute Gasteiger partial charge is 0.405 e. The molecule has 9 heteroatoms. The highest BCUT2D eigenvalue weighted by atomic mass is 16.4. The van der Waals surface area contributed by atoms with Gasteiger partial charge in [-0.1, -0.05) is 0 Å². The number of carbonyl (C=O) groups is 2. The van der Waals surface area contributed by atoms with Crippen molar-refractivity contribution in [1.29, 1.82) is 0 Å². The lowest BCUT2D eigenvalue weighted by Gasteiger charge is -2.16. The highest BCUT2D eigenvalue weighted by Crippen LogP contribution is 2.24. The fourth-order valence-corrected chi connectivity index (χ4v) is 3.73. The van der Waals surface area contributed by atoms with Crippen LogP contribution in [0.1, 0.15) is 11.1 Å². The van der Waals surface area contributed by atoms with E-state index in [1.165, 1.54) is 0 Å². The summed E-state index contributed by atoms with van der Waals surface area (Å²) in [6.45, 7) is 0.300. The molecule has 0 spiro atoms. The minimum absolute atomic E-state index is 0.0883. The zero-order valence-corrected chi connectivity index (χ0v) is 16.5. The summed E-state index contributed by atoms with van der Waals surface area (Å²) < 4.78 is 0. The number of fused-ring (bicyclic) bond motifs is 2. The summed E-state index contributed by atoms with van der Waals surface area (Å²) in [6.07, 6.45) is 2.86. The molecular weight excluding hydrogens is 400 g/mol. The van der Waals surface area contributed by atoms with E-state index in [0.717, 1.165) is 27.4 Å². The number of phenolic OH excluding ortho intramolecular Hbond substituents is 2. The van der Waals surface area contributed by atoms with Crippen LogP contribution in [0.5, 0.6) is 11.5 Å². The van der Waals surface area contributed by atoms with Crippen LogP contribution in [0.4, 0.5) is 4.79 Å². The third-order valence-electron chi connectivity index (χ3n) is 5.23. The van der Waals surface area contributed by atoms with E-state index in [0.29, 0.717) is 18.5 Å². The maximum absolute atomic E-state index is 12.7. The van der Waals surface area contributed by atoms with E-state index in [1.807, 2.05) is 6.20 Å². The van der Waals surface area contributed by atoms with Gasteiger partial charge in [0, 0.05) is 47.2 Å². The van der Waals surface area contributed by atoms with Crippen LogP contribution >= 0.6 is 0 Å². The van der Waals surface area contributed by atoms with E-state index in [-0.39, 0.29) is 17.9 Å². The Morgan fingerprint density at radius 2 is 1.48 bits per heavy atom. The standard InChI is InChI=1S/C22H22N4O5/c27-14-1-3-18-16(8-14)12(10-24-18)5-6-23-21(29)20(26-22(30)31)7-13-11-25-19-4-2-15(28)9-17(13)19/h1-4,8-11,20,24-28H,5-7H2,(H,23,29)(H,30,31)/t20-/m0/s1. The Labute approximate surface area is 176 Å². The number of rotatable bonds is 7. The molecule has 0 saturated heterocycles. The molecule has 31 heavy (non-hydrogen) atoms. The van der Waals surface area contributed by atoms with Gasteiger partial charge in [0.1, 0.15) is 17.5 Å². The second-order valence-electron chi connectivity index (χ2n) is 7.33. The molecule has 0 aliphatic heterocycles. The fraction of sp³-hybridized carbons (Fsp3) is 0.182. The number of nitrogens with one attached hydrogen (secondary N) is 4. The van der Waals surface area contributed by atoms with E-state index in [4.69, 9.17) is 0 Å². The summed E-state index contributed by atoms with van der Waals surface area (Å²) in [6, 6.07) is 8.87. The molecule has 7 N–H and O–H groups in total. The van der Waals surface area contributed by atoms with Crippen LogP contribution in [-0.2, 0) is 17.6 Å². The predicted molar refractivity (Wildman–Crippen MR) is 115 cm³/mol. The Morgan fingerprint density at radius 3 is 2.10 bits per heavy atom. The van der Waals surface area contributed by atoms with Crippen molar-refractivity contribution in [3.05, 3.63) is 59.9 Å². The Hall–Kier alpha value is -4.14. The van der Waals surface area contributed by atoms with Crippen LogP contribution in [0.3, 0.4) is 0 Å². The van der Waals surface area contributed by atoms with Crippen molar-refractivity contribution in [1.82, 2.24) is 20.6 Å². The van der Waals surface area contributed by atoms with Gasteiger partial charge in [-0.25, -0.2) is 4.79 Å². The van der Waals surface area contributed by atoms with E-state index in [9.17, 15) is 24.9 Å². The average Bonchev–Trinajstić information content (AvgIpc) is 3.31. The Kier molecular flexibility index (Phi) is 5.40. The molecule has 2 heterocycles. The molecule has 2 aromatic heterocycles. The zero-order chi connectivity index (χ0) is 22.0. The van der Waals surface area contributed by atoms with Gasteiger partial charge in [0.05, 0.1) is 0 Å². The normalized spacial score (nSPS) is 12.1. The molecule has 0 bridgehead atoms. The van der Waals surface area contributed by atoms with Crippen LogP contribution < -0.4 is 10.6 Å². The van der Waals surface area contributed by atoms with Gasteiger partial charge >= 0.3 is 6.09 Å². The molecule has 0 aliphatic carbocycles. The van der Waals surface area contributed by atoms with Crippen LogP contribution in [0, 0.1) is 0 Å². The van der Waals surface area contributed by atoms with Crippen molar-refractivity contribution < 1.29 is 24.9 Å².